The molecule has 0 spiro atoms. The first kappa shape index (κ1) is 37.1. The van der Waals surface area contributed by atoms with Gasteiger partial charge < -0.3 is 19.1 Å². The van der Waals surface area contributed by atoms with Crippen molar-refractivity contribution in [1.82, 2.24) is 0 Å². The summed E-state index contributed by atoms with van der Waals surface area (Å²) in [7, 11) is -2.93. The summed E-state index contributed by atoms with van der Waals surface area (Å²) < 4.78 is 14.4. The predicted octanol–water partition coefficient (Wildman–Crippen LogP) is 10.2. The zero-order valence-corrected chi connectivity index (χ0v) is 34.6. The standard InChI is InChI=1S/C46H60O4Si/c1-43(2,3)35-19-27-15-31-23-37(45(7,8)9)25-33-17-29-21-36(44(4,5)6)22-30(40(29)48)18-34-26-38(46(10,11)12)24-32(16-28(20-35)39(27)47)42(34)50-51(13,14)49-41(31)33/h19-26,47-48H,15-18H2,1-14H3/p-2. The second-order valence-corrected chi connectivity index (χ2v) is 23.0. The highest BCUT2D eigenvalue weighted by molar-refractivity contribution is 6.66. The molecule has 2 heterocycles. The van der Waals surface area contributed by atoms with E-state index in [2.05, 4.69) is 145 Å². The van der Waals surface area contributed by atoms with Crippen LogP contribution in [0.5, 0.6) is 23.0 Å². The first-order valence-corrected chi connectivity index (χ1v) is 21.5. The van der Waals surface area contributed by atoms with Crippen molar-refractivity contribution in [3.8, 4) is 23.0 Å². The van der Waals surface area contributed by atoms with Crippen LogP contribution < -0.4 is 19.1 Å². The lowest BCUT2D eigenvalue weighted by atomic mass is 9.79. The van der Waals surface area contributed by atoms with E-state index < -0.39 is 8.56 Å². The fourth-order valence-electron chi connectivity index (χ4n) is 7.40. The minimum atomic E-state index is -2.93. The van der Waals surface area contributed by atoms with Gasteiger partial charge >= 0.3 is 8.56 Å². The lowest BCUT2D eigenvalue weighted by molar-refractivity contribution is -0.271. The van der Waals surface area contributed by atoms with Gasteiger partial charge in [0.1, 0.15) is 11.5 Å². The second kappa shape index (κ2) is 12.2. The molecule has 4 aromatic rings. The molecule has 0 fully saturated rings. The molecule has 6 bridgehead atoms. The normalized spacial score (nSPS) is 16.0. The van der Waals surface area contributed by atoms with Crippen molar-refractivity contribution < 1.29 is 19.1 Å². The molecule has 0 aromatic heterocycles. The van der Waals surface area contributed by atoms with Crippen LogP contribution in [0, 0.1) is 0 Å². The quantitative estimate of drug-likeness (QED) is 0.151. The Hall–Kier alpha value is -3.70. The van der Waals surface area contributed by atoms with Crippen LogP contribution in [0.1, 0.15) is 150 Å². The predicted molar refractivity (Wildman–Crippen MR) is 209 cm³/mol. The van der Waals surface area contributed by atoms with Crippen LogP contribution in [-0.2, 0) is 47.3 Å². The van der Waals surface area contributed by atoms with E-state index in [1.807, 2.05) is 0 Å². The summed E-state index contributed by atoms with van der Waals surface area (Å²) in [5.74, 6) is 1.66. The van der Waals surface area contributed by atoms with Crippen LogP contribution in [0.4, 0.5) is 0 Å². The van der Waals surface area contributed by atoms with Gasteiger partial charge in [-0.05, 0) is 66.2 Å². The maximum atomic E-state index is 14.6. The van der Waals surface area contributed by atoms with Crippen molar-refractivity contribution in [2.75, 3.05) is 0 Å². The molecular weight excluding hydrogens is 645 g/mol. The van der Waals surface area contributed by atoms with Crippen LogP contribution in [0.15, 0.2) is 48.5 Å². The van der Waals surface area contributed by atoms with Gasteiger partial charge in [0.05, 0.1) is 0 Å². The molecule has 0 radical (unpaired) electrons. The smallest absolute Gasteiger partial charge is 0.454 e. The van der Waals surface area contributed by atoms with E-state index in [-0.39, 0.29) is 33.2 Å². The molecule has 0 unspecified atom stereocenters. The number of fused-ring (bicyclic) bond motifs is 6. The van der Waals surface area contributed by atoms with Crippen molar-refractivity contribution in [3.63, 3.8) is 0 Å². The van der Waals surface area contributed by atoms with Crippen molar-refractivity contribution in [2.45, 2.75) is 144 Å². The topological polar surface area (TPSA) is 64.6 Å². The monoisotopic (exact) mass is 702 g/mol. The first-order chi connectivity index (χ1) is 23.3. The third kappa shape index (κ3) is 7.47. The Morgan fingerprint density at radius 2 is 0.588 bits per heavy atom. The summed E-state index contributed by atoms with van der Waals surface area (Å²) in [5.41, 5.74) is 10.9. The summed E-state index contributed by atoms with van der Waals surface area (Å²) in [6.07, 6.45) is 1.74. The molecule has 2 aliphatic rings. The van der Waals surface area contributed by atoms with E-state index in [1.165, 1.54) is 0 Å². The first-order valence-electron chi connectivity index (χ1n) is 18.7. The summed E-state index contributed by atoms with van der Waals surface area (Å²) in [4.78, 5) is 0. The van der Waals surface area contributed by atoms with Gasteiger partial charge in [0.15, 0.2) is 0 Å². The fraction of sp³-hybridized carbons (Fsp3) is 0.478. The Balaban J connectivity index is 1.80. The minimum Gasteiger partial charge on any atom is -0.872 e. The molecule has 2 aliphatic heterocycles. The van der Waals surface area contributed by atoms with E-state index >= 15 is 0 Å². The molecule has 5 heteroatoms. The molecule has 0 saturated heterocycles. The number of rotatable bonds is 0. The van der Waals surface area contributed by atoms with E-state index in [1.54, 1.807) is 0 Å². The van der Waals surface area contributed by atoms with Gasteiger partial charge in [0, 0.05) is 38.8 Å². The summed E-state index contributed by atoms with van der Waals surface area (Å²) in [6.45, 7) is 30.8. The average molecular weight is 703 g/mol. The molecule has 0 amide bonds. The molecule has 272 valence electrons. The minimum absolute atomic E-state index is 0.0800. The van der Waals surface area contributed by atoms with Gasteiger partial charge in [0.25, 0.3) is 0 Å². The zero-order valence-electron chi connectivity index (χ0n) is 33.6. The Kier molecular flexibility index (Phi) is 8.86. The van der Waals surface area contributed by atoms with Crippen LogP contribution in [-0.4, -0.2) is 8.56 Å². The Morgan fingerprint density at radius 1 is 0.392 bits per heavy atom. The van der Waals surface area contributed by atoms with Crippen LogP contribution >= 0.6 is 0 Å². The third-order valence-electron chi connectivity index (χ3n) is 10.7. The lowest BCUT2D eigenvalue weighted by Gasteiger charge is -2.35. The third-order valence-corrected chi connectivity index (χ3v) is 12.0. The molecule has 0 aliphatic carbocycles. The van der Waals surface area contributed by atoms with E-state index in [4.69, 9.17) is 8.85 Å². The molecule has 51 heavy (non-hydrogen) atoms. The van der Waals surface area contributed by atoms with Gasteiger partial charge in [-0.15, -0.1) is 11.5 Å². The fourth-order valence-corrected chi connectivity index (χ4v) is 8.94. The van der Waals surface area contributed by atoms with Crippen LogP contribution in [0.25, 0.3) is 0 Å². The highest BCUT2D eigenvalue weighted by Crippen LogP contribution is 2.44. The molecule has 0 saturated carbocycles. The van der Waals surface area contributed by atoms with Crippen molar-refractivity contribution in [2.24, 2.45) is 0 Å². The average Bonchev–Trinajstić information content (AvgIpc) is 2.96. The summed E-state index contributed by atoms with van der Waals surface area (Å²) in [6, 6.07) is 17.4. The van der Waals surface area contributed by atoms with Crippen molar-refractivity contribution in [3.05, 3.63) is 115 Å². The SMILES string of the molecule is CC(C)(C)c1cc2c([O-])c(c1)Cc1cc(C(C)(C)C)cc3c1O[Si](C)(C)Oc1c(cc(C(C)(C)C)cc1Cc1cc(C(C)(C)C)cc(c1[O-])C3)C2. The highest BCUT2D eigenvalue weighted by atomic mass is 28.4. The largest absolute Gasteiger partial charge is 0.872 e. The van der Waals surface area contributed by atoms with Crippen molar-refractivity contribution in [1.29, 1.82) is 0 Å². The van der Waals surface area contributed by atoms with E-state index in [0.29, 0.717) is 25.7 Å². The van der Waals surface area contributed by atoms with Gasteiger partial charge in [-0.25, -0.2) is 0 Å². The summed E-state index contributed by atoms with van der Waals surface area (Å²) in [5, 5.41) is 29.3. The molecule has 0 atom stereocenters. The van der Waals surface area contributed by atoms with Gasteiger partial charge in [-0.2, -0.15) is 0 Å². The Bertz CT molecular complexity index is 1780. The molecular formula is C46H58O4Si-2. The maximum Gasteiger partial charge on any atom is 0.454 e. The van der Waals surface area contributed by atoms with Gasteiger partial charge in [0.2, 0.25) is 0 Å². The summed E-state index contributed by atoms with van der Waals surface area (Å²) >= 11 is 0. The molecule has 6 rings (SSSR count). The lowest BCUT2D eigenvalue weighted by Crippen LogP contribution is -2.43. The highest BCUT2D eigenvalue weighted by Gasteiger charge is 2.36. The van der Waals surface area contributed by atoms with E-state index in [9.17, 15) is 10.2 Å². The Morgan fingerprint density at radius 3 is 0.784 bits per heavy atom. The van der Waals surface area contributed by atoms with E-state index in [0.717, 1.165) is 78.3 Å². The molecule has 4 aromatic carbocycles. The number of hydrogen-bond donors (Lipinski definition) is 0. The van der Waals surface area contributed by atoms with Crippen LogP contribution in [0.2, 0.25) is 13.1 Å². The molecule has 4 nitrogen and oxygen atoms in total. The van der Waals surface area contributed by atoms with Crippen LogP contribution in [0.3, 0.4) is 0 Å². The van der Waals surface area contributed by atoms with Gasteiger partial charge in [-0.3, -0.25) is 0 Å². The van der Waals surface area contributed by atoms with Gasteiger partial charge in [-0.1, -0.05) is 154 Å². The zero-order chi connectivity index (χ0) is 37.6. The number of hydrogen-bond acceptors (Lipinski definition) is 4. The maximum absolute atomic E-state index is 14.6. The molecule has 0 N–H and O–H groups in total. The number of benzene rings is 4. The Labute approximate surface area is 308 Å². The second-order valence-electron chi connectivity index (χ2n) is 19.8. The van der Waals surface area contributed by atoms with Crippen molar-refractivity contribution >= 4 is 8.56 Å².